The molecule has 0 aliphatic heterocycles. The van der Waals surface area contributed by atoms with Gasteiger partial charge in [0, 0.05) is 23.0 Å². The molecule has 0 aliphatic rings. The molecule has 1 heterocycles. The van der Waals surface area contributed by atoms with Crippen LogP contribution < -0.4 is 11.1 Å². The van der Waals surface area contributed by atoms with Gasteiger partial charge in [0.1, 0.15) is 0 Å². The molecule has 2 rings (SSSR count). The normalized spacial score (nSPS) is 10.2. The van der Waals surface area contributed by atoms with E-state index in [1.165, 1.54) is 0 Å². The predicted octanol–water partition coefficient (Wildman–Crippen LogP) is 1.32. The number of nitrogens with zero attached hydrogens (tertiary/aromatic N) is 1. The maximum Gasteiger partial charge on any atom is 0.276 e. The third-order valence-electron chi connectivity index (χ3n) is 2.74. The predicted molar refractivity (Wildman–Crippen MR) is 70.9 cm³/mol. The number of aromatic amines is 1. The van der Waals surface area contributed by atoms with Crippen molar-refractivity contribution < 1.29 is 9.59 Å². The average Bonchev–Trinajstić information content (AvgIpc) is 2.87. The maximum atomic E-state index is 12.0. The van der Waals surface area contributed by atoms with E-state index in [1.54, 1.807) is 30.5 Å². The van der Waals surface area contributed by atoms with Gasteiger partial charge < -0.3 is 11.1 Å². The summed E-state index contributed by atoms with van der Waals surface area (Å²) in [5.74, 6) is -0.789. The molecule has 2 amide bonds. The molecule has 19 heavy (non-hydrogen) atoms. The fraction of sp³-hybridized carbons (Fsp3) is 0.154. The third kappa shape index (κ3) is 2.79. The first-order valence-electron chi connectivity index (χ1n) is 5.85. The van der Waals surface area contributed by atoms with Crippen LogP contribution in [0.25, 0.3) is 0 Å². The minimum Gasteiger partial charge on any atom is -0.366 e. The number of hydrogen-bond donors (Lipinski definition) is 3. The van der Waals surface area contributed by atoms with Gasteiger partial charge in [0.05, 0.1) is 0 Å². The summed E-state index contributed by atoms with van der Waals surface area (Å²) in [5, 5.41) is 9.30. The second kappa shape index (κ2) is 5.34. The summed E-state index contributed by atoms with van der Waals surface area (Å²) in [7, 11) is 0. The maximum absolute atomic E-state index is 12.0. The van der Waals surface area contributed by atoms with Gasteiger partial charge in [0.2, 0.25) is 5.91 Å². The molecule has 4 N–H and O–H groups in total. The van der Waals surface area contributed by atoms with Crippen LogP contribution in [0.3, 0.4) is 0 Å². The van der Waals surface area contributed by atoms with Crippen molar-refractivity contribution in [3.05, 3.63) is 47.3 Å². The first-order chi connectivity index (χ1) is 9.11. The molecule has 0 saturated heterocycles. The van der Waals surface area contributed by atoms with Crippen LogP contribution in [0.15, 0.2) is 30.5 Å². The number of aryl methyl sites for hydroxylation is 1. The van der Waals surface area contributed by atoms with Crippen molar-refractivity contribution in [3.8, 4) is 0 Å². The fourth-order valence-corrected chi connectivity index (χ4v) is 1.69. The minimum atomic E-state index is -0.501. The number of benzene rings is 1. The van der Waals surface area contributed by atoms with Crippen molar-refractivity contribution >= 4 is 17.5 Å². The number of amides is 2. The van der Waals surface area contributed by atoms with Gasteiger partial charge in [-0.15, -0.1) is 0 Å². The van der Waals surface area contributed by atoms with Gasteiger partial charge in [-0.1, -0.05) is 6.92 Å². The fourth-order valence-electron chi connectivity index (χ4n) is 1.69. The standard InChI is InChI=1S/C13H14N4O2/c1-2-8-7-15-17-11(8)13(19)16-10-5-3-9(4-6-10)12(14)18/h3-7H,2H2,1H3,(H2,14,18)(H,15,17)(H,16,19). The number of primary amides is 1. The third-order valence-corrected chi connectivity index (χ3v) is 2.74. The van der Waals surface area contributed by atoms with Crippen LogP contribution in [0.5, 0.6) is 0 Å². The molecule has 0 saturated carbocycles. The zero-order chi connectivity index (χ0) is 13.8. The highest BCUT2D eigenvalue weighted by Crippen LogP contribution is 2.12. The second-order valence-electron chi connectivity index (χ2n) is 4.01. The molecule has 1 aromatic carbocycles. The Labute approximate surface area is 110 Å². The molecule has 2 aromatic rings. The summed E-state index contributed by atoms with van der Waals surface area (Å²) in [5.41, 5.74) is 7.35. The summed E-state index contributed by atoms with van der Waals surface area (Å²) in [6.45, 7) is 1.95. The van der Waals surface area contributed by atoms with Crippen molar-refractivity contribution in [2.45, 2.75) is 13.3 Å². The van der Waals surface area contributed by atoms with E-state index in [1.807, 2.05) is 6.92 Å². The molecular formula is C13H14N4O2. The van der Waals surface area contributed by atoms with E-state index in [9.17, 15) is 9.59 Å². The first kappa shape index (κ1) is 12.8. The molecule has 6 heteroatoms. The summed E-state index contributed by atoms with van der Waals surface area (Å²) in [6, 6.07) is 6.36. The highest BCUT2D eigenvalue weighted by Gasteiger charge is 2.13. The van der Waals surface area contributed by atoms with Crippen LogP contribution >= 0.6 is 0 Å². The Morgan fingerprint density at radius 1 is 1.32 bits per heavy atom. The zero-order valence-corrected chi connectivity index (χ0v) is 10.4. The zero-order valence-electron chi connectivity index (χ0n) is 10.4. The van der Waals surface area contributed by atoms with Gasteiger partial charge in [-0.2, -0.15) is 5.10 Å². The summed E-state index contributed by atoms with van der Waals surface area (Å²) >= 11 is 0. The molecule has 0 radical (unpaired) electrons. The van der Waals surface area contributed by atoms with Crippen LogP contribution in [-0.4, -0.2) is 22.0 Å². The van der Waals surface area contributed by atoms with E-state index in [0.29, 0.717) is 16.9 Å². The number of carbonyl (C=O) groups excluding carboxylic acids is 2. The van der Waals surface area contributed by atoms with E-state index in [4.69, 9.17) is 5.73 Å². The Kier molecular flexibility index (Phi) is 3.61. The monoisotopic (exact) mass is 258 g/mol. The van der Waals surface area contributed by atoms with Gasteiger partial charge in [-0.3, -0.25) is 14.7 Å². The van der Waals surface area contributed by atoms with Crippen molar-refractivity contribution in [1.29, 1.82) is 0 Å². The SMILES string of the molecule is CCc1c[nH]nc1C(=O)Nc1ccc(C(N)=O)cc1. The Morgan fingerprint density at radius 3 is 2.58 bits per heavy atom. The number of nitrogens with two attached hydrogens (primary N) is 1. The lowest BCUT2D eigenvalue weighted by Gasteiger charge is -2.05. The number of aromatic nitrogens is 2. The average molecular weight is 258 g/mol. The quantitative estimate of drug-likeness (QED) is 0.770. The first-order valence-corrected chi connectivity index (χ1v) is 5.85. The van der Waals surface area contributed by atoms with Gasteiger partial charge in [0.15, 0.2) is 5.69 Å². The van der Waals surface area contributed by atoms with Crippen LogP contribution in [-0.2, 0) is 6.42 Å². The highest BCUT2D eigenvalue weighted by molar-refractivity contribution is 6.04. The molecule has 0 unspecified atom stereocenters. The summed E-state index contributed by atoms with van der Waals surface area (Å²) in [6.07, 6.45) is 2.42. The minimum absolute atomic E-state index is 0.287. The largest absolute Gasteiger partial charge is 0.366 e. The summed E-state index contributed by atoms with van der Waals surface area (Å²) < 4.78 is 0. The van der Waals surface area contributed by atoms with Crippen molar-refractivity contribution in [2.75, 3.05) is 5.32 Å². The van der Waals surface area contributed by atoms with Crippen molar-refractivity contribution in [3.63, 3.8) is 0 Å². The number of nitrogens with one attached hydrogen (secondary N) is 2. The molecule has 0 spiro atoms. The molecule has 0 aliphatic carbocycles. The molecule has 6 nitrogen and oxygen atoms in total. The van der Waals surface area contributed by atoms with E-state index in [2.05, 4.69) is 15.5 Å². The molecule has 0 fully saturated rings. The molecule has 0 atom stereocenters. The van der Waals surface area contributed by atoms with E-state index in [-0.39, 0.29) is 5.91 Å². The summed E-state index contributed by atoms with van der Waals surface area (Å²) in [4.78, 5) is 22.9. The second-order valence-corrected chi connectivity index (χ2v) is 4.01. The Hall–Kier alpha value is -2.63. The Morgan fingerprint density at radius 2 is 2.00 bits per heavy atom. The lowest BCUT2D eigenvalue weighted by atomic mass is 10.1. The lowest BCUT2D eigenvalue weighted by Crippen LogP contribution is -2.15. The van der Waals surface area contributed by atoms with Gasteiger partial charge in [-0.05, 0) is 30.7 Å². The van der Waals surface area contributed by atoms with Gasteiger partial charge >= 0.3 is 0 Å². The number of anilines is 1. The lowest BCUT2D eigenvalue weighted by molar-refractivity contribution is 0.0997. The van der Waals surface area contributed by atoms with Gasteiger partial charge in [0.25, 0.3) is 5.91 Å². The molecule has 1 aromatic heterocycles. The Bertz CT molecular complexity index is 601. The van der Waals surface area contributed by atoms with Crippen LogP contribution in [0, 0.1) is 0 Å². The van der Waals surface area contributed by atoms with E-state index >= 15 is 0 Å². The Balaban J connectivity index is 2.13. The molecular weight excluding hydrogens is 244 g/mol. The van der Waals surface area contributed by atoms with Crippen LogP contribution in [0.4, 0.5) is 5.69 Å². The smallest absolute Gasteiger partial charge is 0.276 e. The van der Waals surface area contributed by atoms with Crippen molar-refractivity contribution in [1.82, 2.24) is 10.2 Å². The number of rotatable bonds is 4. The van der Waals surface area contributed by atoms with Crippen LogP contribution in [0.2, 0.25) is 0 Å². The number of carbonyl (C=O) groups is 2. The highest BCUT2D eigenvalue weighted by atomic mass is 16.2. The van der Waals surface area contributed by atoms with E-state index < -0.39 is 5.91 Å². The van der Waals surface area contributed by atoms with Crippen LogP contribution in [0.1, 0.15) is 33.3 Å². The van der Waals surface area contributed by atoms with Crippen molar-refractivity contribution in [2.24, 2.45) is 5.73 Å². The molecule has 98 valence electrons. The molecule has 0 bridgehead atoms. The van der Waals surface area contributed by atoms with Gasteiger partial charge in [-0.25, -0.2) is 0 Å². The number of H-pyrrole nitrogens is 1. The topological polar surface area (TPSA) is 101 Å². The van der Waals surface area contributed by atoms with E-state index in [0.717, 1.165) is 12.0 Å². The number of hydrogen-bond acceptors (Lipinski definition) is 3.